The summed E-state index contributed by atoms with van der Waals surface area (Å²) in [5, 5.41) is 13.9. The number of rotatable bonds is 6. The van der Waals surface area contributed by atoms with Gasteiger partial charge in [-0.05, 0) is 43.4 Å². The number of fused-ring (bicyclic) bond motifs is 1. The third kappa shape index (κ3) is 5.28. The number of piperazine rings is 1. The number of nitrogens with one attached hydrogen (secondary N) is 1. The number of nitro groups is 1. The van der Waals surface area contributed by atoms with E-state index in [4.69, 9.17) is 0 Å². The first-order chi connectivity index (χ1) is 17.9. The monoisotopic (exact) mass is 505 g/mol. The van der Waals surface area contributed by atoms with Crippen molar-refractivity contribution in [2.75, 3.05) is 37.6 Å². The largest absolute Gasteiger partial charge is 0.368 e. The molecule has 2 heterocycles. The SMILES string of the molecule is O=C(C1CCC2C(=O)N(CCc3ccccc3)C(=O)NC2C1)N1CCN(c2ccc([N+](=O)[O-])cc2)CC1. The molecule has 37 heavy (non-hydrogen) atoms. The van der Waals surface area contributed by atoms with Crippen molar-refractivity contribution in [2.45, 2.75) is 31.7 Å². The molecule has 2 aliphatic heterocycles. The molecule has 0 radical (unpaired) electrons. The Bertz CT molecular complexity index is 1160. The van der Waals surface area contributed by atoms with Crippen LogP contribution in [0.15, 0.2) is 54.6 Å². The van der Waals surface area contributed by atoms with Gasteiger partial charge in [0.25, 0.3) is 5.69 Å². The summed E-state index contributed by atoms with van der Waals surface area (Å²) in [5.74, 6) is -0.546. The zero-order valence-electron chi connectivity index (χ0n) is 20.6. The lowest BCUT2D eigenvalue weighted by atomic mass is 9.76. The van der Waals surface area contributed by atoms with E-state index in [0.717, 1.165) is 11.3 Å². The van der Waals surface area contributed by atoms with Crippen LogP contribution < -0.4 is 10.2 Å². The molecule has 0 spiro atoms. The minimum atomic E-state index is -0.417. The molecule has 5 rings (SSSR count). The smallest absolute Gasteiger partial charge is 0.324 e. The van der Waals surface area contributed by atoms with Crippen LogP contribution >= 0.6 is 0 Å². The number of amides is 4. The molecule has 0 aromatic heterocycles. The highest BCUT2D eigenvalue weighted by molar-refractivity contribution is 5.99. The molecule has 3 atom stereocenters. The van der Waals surface area contributed by atoms with E-state index in [1.165, 1.54) is 17.0 Å². The van der Waals surface area contributed by atoms with Crippen molar-refractivity contribution in [1.82, 2.24) is 15.1 Å². The van der Waals surface area contributed by atoms with Crippen LogP contribution in [0.3, 0.4) is 0 Å². The van der Waals surface area contributed by atoms with Gasteiger partial charge in [0, 0.05) is 62.5 Å². The van der Waals surface area contributed by atoms with E-state index >= 15 is 0 Å². The number of carbonyl (C=O) groups is 3. The molecule has 1 saturated carbocycles. The Morgan fingerprint density at radius 1 is 0.973 bits per heavy atom. The van der Waals surface area contributed by atoms with Crippen molar-refractivity contribution < 1.29 is 19.3 Å². The van der Waals surface area contributed by atoms with Gasteiger partial charge in [0.1, 0.15) is 0 Å². The Morgan fingerprint density at radius 2 is 1.68 bits per heavy atom. The van der Waals surface area contributed by atoms with Crippen LogP contribution in [0.5, 0.6) is 0 Å². The number of anilines is 1. The number of carbonyl (C=O) groups excluding carboxylic acids is 3. The van der Waals surface area contributed by atoms with Crippen LogP contribution in [0.4, 0.5) is 16.2 Å². The molecular formula is C27H31N5O5. The Morgan fingerprint density at radius 3 is 2.35 bits per heavy atom. The highest BCUT2D eigenvalue weighted by atomic mass is 16.6. The summed E-state index contributed by atoms with van der Waals surface area (Å²) >= 11 is 0. The van der Waals surface area contributed by atoms with Gasteiger partial charge in [-0.25, -0.2) is 4.79 Å². The molecular weight excluding hydrogens is 474 g/mol. The molecule has 2 saturated heterocycles. The molecule has 2 aromatic carbocycles. The third-order valence-electron chi connectivity index (χ3n) is 7.82. The van der Waals surface area contributed by atoms with E-state index in [1.807, 2.05) is 35.2 Å². The number of nitro benzene ring substituents is 1. The van der Waals surface area contributed by atoms with Gasteiger partial charge in [0.15, 0.2) is 0 Å². The molecule has 2 aromatic rings. The first kappa shape index (κ1) is 24.7. The summed E-state index contributed by atoms with van der Waals surface area (Å²) in [7, 11) is 0. The molecule has 3 aliphatic rings. The van der Waals surface area contributed by atoms with Crippen molar-refractivity contribution in [3.8, 4) is 0 Å². The van der Waals surface area contributed by atoms with Gasteiger partial charge in [-0.1, -0.05) is 30.3 Å². The minimum absolute atomic E-state index is 0.0563. The number of imide groups is 1. The van der Waals surface area contributed by atoms with Gasteiger partial charge in [0.2, 0.25) is 11.8 Å². The van der Waals surface area contributed by atoms with Gasteiger partial charge >= 0.3 is 6.03 Å². The topological polar surface area (TPSA) is 116 Å². The normalized spacial score (nSPS) is 23.9. The third-order valence-corrected chi connectivity index (χ3v) is 7.82. The maximum atomic E-state index is 13.3. The molecule has 1 N–H and O–H groups in total. The Hall–Kier alpha value is -3.95. The van der Waals surface area contributed by atoms with Crippen LogP contribution in [-0.2, 0) is 16.0 Å². The number of nitrogens with zero attached hydrogens (tertiary/aromatic N) is 4. The molecule has 194 valence electrons. The van der Waals surface area contributed by atoms with Crippen LogP contribution in [0, 0.1) is 22.0 Å². The standard InChI is InChI=1S/C27H31N5O5/c33-25(30-16-14-29(15-17-30)21-7-9-22(10-8-21)32(36)37)20-6-11-23-24(18-20)28-27(35)31(26(23)34)13-12-19-4-2-1-3-5-19/h1-5,7-10,20,23-24H,6,11-18H2,(H,28,35). The second kappa shape index (κ2) is 10.6. The number of benzene rings is 2. The summed E-state index contributed by atoms with van der Waals surface area (Å²) in [5.41, 5.74) is 2.03. The quantitative estimate of drug-likeness (QED) is 0.477. The molecule has 4 amide bonds. The fourth-order valence-corrected chi connectivity index (χ4v) is 5.71. The highest BCUT2D eigenvalue weighted by Crippen LogP contribution is 2.34. The van der Waals surface area contributed by atoms with E-state index < -0.39 is 4.92 Å². The molecule has 10 heteroatoms. The van der Waals surface area contributed by atoms with E-state index in [9.17, 15) is 24.5 Å². The van der Waals surface area contributed by atoms with Crippen LogP contribution in [-0.4, -0.2) is 71.3 Å². The second-order valence-electron chi connectivity index (χ2n) is 9.98. The Kier molecular flexibility index (Phi) is 7.07. The lowest BCUT2D eigenvalue weighted by Gasteiger charge is -2.43. The zero-order valence-corrected chi connectivity index (χ0v) is 20.6. The zero-order chi connectivity index (χ0) is 25.9. The van der Waals surface area contributed by atoms with Crippen molar-refractivity contribution in [1.29, 1.82) is 0 Å². The second-order valence-corrected chi connectivity index (χ2v) is 9.98. The van der Waals surface area contributed by atoms with E-state index in [-0.39, 0.29) is 41.4 Å². The number of hydrogen-bond acceptors (Lipinski definition) is 6. The van der Waals surface area contributed by atoms with Crippen molar-refractivity contribution in [3.05, 3.63) is 70.3 Å². The predicted molar refractivity (Wildman–Crippen MR) is 137 cm³/mol. The van der Waals surface area contributed by atoms with Crippen molar-refractivity contribution in [3.63, 3.8) is 0 Å². The lowest BCUT2D eigenvalue weighted by Crippen LogP contribution is -2.62. The van der Waals surface area contributed by atoms with Crippen LogP contribution in [0.25, 0.3) is 0 Å². The summed E-state index contributed by atoms with van der Waals surface area (Å²) in [6.45, 7) is 2.78. The van der Waals surface area contributed by atoms with Crippen molar-refractivity contribution in [2.24, 2.45) is 11.8 Å². The fraction of sp³-hybridized carbons (Fsp3) is 0.444. The Balaban J connectivity index is 1.13. The number of urea groups is 1. The van der Waals surface area contributed by atoms with Gasteiger partial charge in [-0.15, -0.1) is 0 Å². The molecule has 3 unspecified atom stereocenters. The first-order valence-electron chi connectivity index (χ1n) is 12.8. The predicted octanol–water partition coefficient (Wildman–Crippen LogP) is 2.82. The summed E-state index contributed by atoms with van der Waals surface area (Å²) < 4.78 is 0. The lowest BCUT2D eigenvalue weighted by molar-refractivity contribution is -0.384. The fourth-order valence-electron chi connectivity index (χ4n) is 5.71. The van der Waals surface area contributed by atoms with Gasteiger partial charge in [0.05, 0.1) is 10.8 Å². The van der Waals surface area contributed by atoms with Crippen LogP contribution in [0.2, 0.25) is 0 Å². The number of non-ortho nitro benzene ring substituents is 1. The molecule has 10 nitrogen and oxygen atoms in total. The van der Waals surface area contributed by atoms with Crippen LogP contribution in [0.1, 0.15) is 24.8 Å². The minimum Gasteiger partial charge on any atom is -0.368 e. The highest BCUT2D eigenvalue weighted by Gasteiger charge is 2.46. The van der Waals surface area contributed by atoms with Gasteiger partial charge in [-0.2, -0.15) is 0 Å². The average molecular weight is 506 g/mol. The molecule has 3 fully saturated rings. The van der Waals surface area contributed by atoms with E-state index in [2.05, 4.69) is 10.2 Å². The number of hydrogen-bond donors (Lipinski definition) is 1. The summed E-state index contributed by atoms with van der Waals surface area (Å²) in [4.78, 5) is 55.0. The van der Waals surface area contributed by atoms with Gasteiger partial charge in [-0.3, -0.25) is 24.6 Å². The van der Waals surface area contributed by atoms with Gasteiger partial charge < -0.3 is 15.1 Å². The summed E-state index contributed by atoms with van der Waals surface area (Å²) in [6, 6.07) is 15.6. The average Bonchev–Trinajstić information content (AvgIpc) is 2.93. The summed E-state index contributed by atoms with van der Waals surface area (Å²) in [6.07, 6.45) is 2.32. The maximum absolute atomic E-state index is 13.3. The molecule has 1 aliphatic carbocycles. The van der Waals surface area contributed by atoms with Crippen molar-refractivity contribution >= 4 is 29.2 Å². The Labute approximate surface area is 215 Å². The van der Waals surface area contributed by atoms with E-state index in [0.29, 0.717) is 58.4 Å². The first-order valence-corrected chi connectivity index (χ1v) is 12.8. The molecule has 0 bridgehead atoms. The van der Waals surface area contributed by atoms with E-state index in [1.54, 1.807) is 12.1 Å². The maximum Gasteiger partial charge on any atom is 0.324 e.